The molecule has 1 aliphatic rings. The lowest BCUT2D eigenvalue weighted by Gasteiger charge is -2.43. The van der Waals surface area contributed by atoms with Crippen LogP contribution >= 0.6 is 34.8 Å². The number of hydrogen-bond acceptors (Lipinski definition) is 2. The molecule has 0 radical (unpaired) electrons. The highest BCUT2D eigenvalue weighted by molar-refractivity contribution is 6.36. The summed E-state index contributed by atoms with van der Waals surface area (Å²) in [5.41, 5.74) is 6.03. The molecule has 4 aromatic carbocycles. The lowest BCUT2D eigenvalue weighted by Crippen LogP contribution is -2.48. The van der Waals surface area contributed by atoms with Crippen LogP contribution in [0.15, 0.2) is 97.1 Å². The number of hydrogen-bond donors (Lipinski definition) is 0. The SMILES string of the molecule is Clc1ccc(C2CN(Cc3ccc(-c4ccccc4)cc3)CCN2c2ccc(Cl)cc2Cl)cc1. The van der Waals surface area contributed by atoms with E-state index in [1.807, 2.05) is 36.4 Å². The predicted octanol–water partition coefficient (Wildman–Crippen LogP) is 8.38. The summed E-state index contributed by atoms with van der Waals surface area (Å²) in [6, 6.07) is 33.4. The zero-order valence-electron chi connectivity index (χ0n) is 18.7. The van der Waals surface area contributed by atoms with Gasteiger partial charge < -0.3 is 4.90 Å². The fourth-order valence-corrected chi connectivity index (χ4v) is 5.29. The summed E-state index contributed by atoms with van der Waals surface area (Å²) in [5.74, 6) is 0. The first-order valence-corrected chi connectivity index (χ1v) is 12.5. The van der Waals surface area contributed by atoms with E-state index in [1.54, 1.807) is 0 Å². The molecule has 0 saturated carbocycles. The van der Waals surface area contributed by atoms with Gasteiger partial charge in [-0.15, -0.1) is 0 Å². The third-order valence-corrected chi connectivity index (χ3v) is 7.20. The van der Waals surface area contributed by atoms with Crippen LogP contribution < -0.4 is 4.90 Å². The molecule has 0 aromatic heterocycles. The van der Waals surface area contributed by atoms with Crippen molar-refractivity contribution in [2.45, 2.75) is 12.6 Å². The second-order valence-corrected chi connectivity index (χ2v) is 9.93. The van der Waals surface area contributed by atoms with E-state index in [9.17, 15) is 0 Å². The smallest absolute Gasteiger partial charge is 0.0670 e. The van der Waals surface area contributed by atoms with Gasteiger partial charge >= 0.3 is 0 Å². The summed E-state index contributed by atoms with van der Waals surface area (Å²) >= 11 is 19.0. The molecule has 2 nitrogen and oxygen atoms in total. The van der Waals surface area contributed by atoms with Crippen LogP contribution in [0.25, 0.3) is 11.1 Å². The number of halogens is 3. The number of nitrogens with zero attached hydrogens (tertiary/aromatic N) is 2. The van der Waals surface area contributed by atoms with Gasteiger partial charge in [-0.3, -0.25) is 4.90 Å². The molecule has 0 N–H and O–H groups in total. The fraction of sp³-hybridized carbons (Fsp3) is 0.172. The van der Waals surface area contributed by atoms with E-state index >= 15 is 0 Å². The number of rotatable bonds is 5. The molecule has 0 spiro atoms. The Balaban J connectivity index is 1.37. The summed E-state index contributed by atoms with van der Waals surface area (Å²) in [6.07, 6.45) is 0. The number of benzene rings is 4. The van der Waals surface area contributed by atoms with Gasteiger partial charge in [0.15, 0.2) is 0 Å². The summed E-state index contributed by atoms with van der Waals surface area (Å²) < 4.78 is 0. The molecular formula is C29H25Cl3N2. The van der Waals surface area contributed by atoms with Crippen LogP contribution in [0.2, 0.25) is 15.1 Å². The van der Waals surface area contributed by atoms with E-state index < -0.39 is 0 Å². The van der Waals surface area contributed by atoms with Crippen molar-refractivity contribution in [3.05, 3.63) is 123 Å². The van der Waals surface area contributed by atoms with Crippen molar-refractivity contribution in [2.24, 2.45) is 0 Å². The van der Waals surface area contributed by atoms with Crippen molar-refractivity contribution in [3.63, 3.8) is 0 Å². The molecule has 1 saturated heterocycles. The van der Waals surface area contributed by atoms with E-state index in [0.717, 1.165) is 36.9 Å². The summed E-state index contributed by atoms with van der Waals surface area (Å²) in [5, 5.41) is 2.07. The number of anilines is 1. The van der Waals surface area contributed by atoms with E-state index in [2.05, 4.69) is 70.5 Å². The minimum absolute atomic E-state index is 0.160. The predicted molar refractivity (Wildman–Crippen MR) is 145 cm³/mol. The molecule has 0 bridgehead atoms. The maximum absolute atomic E-state index is 6.61. The van der Waals surface area contributed by atoms with E-state index in [-0.39, 0.29) is 6.04 Å². The molecule has 1 aliphatic heterocycles. The second-order valence-electron chi connectivity index (χ2n) is 8.65. The molecule has 34 heavy (non-hydrogen) atoms. The molecular weight excluding hydrogens is 483 g/mol. The Kier molecular flexibility index (Phi) is 7.12. The van der Waals surface area contributed by atoms with Crippen LogP contribution in [0.5, 0.6) is 0 Å². The maximum Gasteiger partial charge on any atom is 0.0670 e. The maximum atomic E-state index is 6.61. The highest BCUT2D eigenvalue weighted by atomic mass is 35.5. The summed E-state index contributed by atoms with van der Waals surface area (Å²) in [6.45, 7) is 3.61. The first-order chi connectivity index (χ1) is 16.6. The first kappa shape index (κ1) is 23.3. The van der Waals surface area contributed by atoms with Crippen molar-refractivity contribution in [1.82, 2.24) is 4.90 Å². The van der Waals surface area contributed by atoms with Crippen LogP contribution in [-0.2, 0) is 6.54 Å². The Bertz CT molecular complexity index is 1240. The van der Waals surface area contributed by atoms with Gasteiger partial charge in [-0.2, -0.15) is 0 Å². The molecule has 4 aromatic rings. The summed E-state index contributed by atoms with van der Waals surface area (Å²) in [4.78, 5) is 4.90. The van der Waals surface area contributed by atoms with Crippen LogP contribution in [0, 0.1) is 0 Å². The molecule has 0 amide bonds. The molecule has 0 aliphatic carbocycles. The zero-order chi connectivity index (χ0) is 23.5. The Labute approximate surface area is 216 Å². The quantitative estimate of drug-likeness (QED) is 0.268. The Morgan fingerprint density at radius 1 is 0.676 bits per heavy atom. The third-order valence-electron chi connectivity index (χ3n) is 6.41. The van der Waals surface area contributed by atoms with Crippen molar-refractivity contribution >= 4 is 40.5 Å². The van der Waals surface area contributed by atoms with Gasteiger partial charge in [-0.1, -0.05) is 102 Å². The van der Waals surface area contributed by atoms with Gasteiger partial charge in [0, 0.05) is 36.2 Å². The van der Waals surface area contributed by atoms with E-state index in [1.165, 1.54) is 22.3 Å². The fourth-order valence-electron chi connectivity index (χ4n) is 4.65. The molecule has 1 unspecified atom stereocenters. The summed E-state index contributed by atoms with van der Waals surface area (Å²) in [7, 11) is 0. The Hall–Kier alpha value is -2.49. The molecule has 1 atom stereocenters. The topological polar surface area (TPSA) is 6.48 Å². The first-order valence-electron chi connectivity index (χ1n) is 11.4. The van der Waals surface area contributed by atoms with Crippen molar-refractivity contribution in [3.8, 4) is 11.1 Å². The zero-order valence-corrected chi connectivity index (χ0v) is 20.9. The Morgan fingerprint density at radius 2 is 1.35 bits per heavy atom. The highest BCUT2D eigenvalue weighted by Crippen LogP contribution is 2.37. The van der Waals surface area contributed by atoms with Gasteiger partial charge in [-0.05, 0) is 52.6 Å². The third kappa shape index (κ3) is 5.26. The van der Waals surface area contributed by atoms with E-state index in [4.69, 9.17) is 34.8 Å². The average molecular weight is 508 g/mol. The lowest BCUT2D eigenvalue weighted by atomic mass is 10.00. The molecule has 1 fully saturated rings. The van der Waals surface area contributed by atoms with Gasteiger partial charge in [0.25, 0.3) is 0 Å². The van der Waals surface area contributed by atoms with Crippen LogP contribution in [-0.4, -0.2) is 24.5 Å². The highest BCUT2D eigenvalue weighted by Gasteiger charge is 2.29. The molecule has 5 heteroatoms. The minimum Gasteiger partial charge on any atom is -0.361 e. The van der Waals surface area contributed by atoms with Gasteiger partial charge in [0.1, 0.15) is 0 Å². The molecule has 172 valence electrons. The average Bonchev–Trinajstić information content (AvgIpc) is 2.86. The van der Waals surface area contributed by atoms with Gasteiger partial charge in [-0.25, -0.2) is 0 Å². The second kappa shape index (κ2) is 10.4. The largest absolute Gasteiger partial charge is 0.361 e. The van der Waals surface area contributed by atoms with Crippen molar-refractivity contribution in [2.75, 3.05) is 24.5 Å². The number of piperazine rings is 1. The van der Waals surface area contributed by atoms with Crippen molar-refractivity contribution in [1.29, 1.82) is 0 Å². The van der Waals surface area contributed by atoms with Crippen LogP contribution in [0.4, 0.5) is 5.69 Å². The lowest BCUT2D eigenvalue weighted by molar-refractivity contribution is 0.215. The molecule has 5 rings (SSSR count). The van der Waals surface area contributed by atoms with Crippen LogP contribution in [0.1, 0.15) is 17.2 Å². The van der Waals surface area contributed by atoms with Crippen molar-refractivity contribution < 1.29 is 0 Å². The van der Waals surface area contributed by atoms with E-state index in [0.29, 0.717) is 10.0 Å². The monoisotopic (exact) mass is 506 g/mol. The standard InChI is InChI=1S/C29H25Cl3N2/c30-25-12-10-24(11-13-25)29-20-33(16-17-34(29)28-15-14-26(31)18-27(28)32)19-21-6-8-23(9-7-21)22-4-2-1-3-5-22/h1-15,18,29H,16-17,19-20H2. The van der Waals surface area contributed by atoms with Gasteiger partial charge in [0.05, 0.1) is 16.8 Å². The van der Waals surface area contributed by atoms with Crippen LogP contribution in [0.3, 0.4) is 0 Å². The molecule has 1 heterocycles. The normalized spacial score (nSPS) is 16.6. The van der Waals surface area contributed by atoms with Gasteiger partial charge in [0.2, 0.25) is 0 Å². The minimum atomic E-state index is 0.160. The Morgan fingerprint density at radius 3 is 2.06 bits per heavy atom.